The van der Waals surface area contributed by atoms with E-state index in [0.717, 1.165) is 11.3 Å². The highest BCUT2D eigenvalue weighted by Gasteiger charge is 2.37. The maximum absolute atomic E-state index is 12.4. The number of morpholine rings is 1. The van der Waals surface area contributed by atoms with Crippen molar-refractivity contribution in [3.8, 4) is 0 Å². The molecule has 2 saturated heterocycles. The number of rotatable bonds is 4. The minimum absolute atomic E-state index is 0.102. The molecule has 7 nitrogen and oxygen atoms in total. The van der Waals surface area contributed by atoms with E-state index in [4.69, 9.17) is 9.47 Å². The van der Waals surface area contributed by atoms with E-state index in [0.29, 0.717) is 26.3 Å². The van der Waals surface area contributed by atoms with Crippen LogP contribution >= 0.6 is 0 Å². The van der Waals surface area contributed by atoms with Gasteiger partial charge in [0.05, 0.1) is 19.1 Å². The summed E-state index contributed by atoms with van der Waals surface area (Å²) in [6.07, 6.45) is -0.755. The third kappa shape index (κ3) is 4.04. The normalized spacial score (nSPS) is 21.6. The van der Waals surface area contributed by atoms with Crippen LogP contribution in [0.5, 0.6) is 0 Å². The van der Waals surface area contributed by atoms with Crippen molar-refractivity contribution in [2.75, 3.05) is 37.7 Å². The summed E-state index contributed by atoms with van der Waals surface area (Å²) in [6.45, 7) is 5.82. The standard InChI is InChI=1S/C19H24N2O5/c1-13-3-5-16(6-4-13)21-12-15(11-17(21)22)19(24)26-14(2)18(23)20-7-9-25-10-8-20/h3-6,14-15H,7-12H2,1-2H3/t14-,15+/m1/s1. The maximum atomic E-state index is 12.4. The molecule has 140 valence electrons. The molecule has 0 saturated carbocycles. The molecule has 1 aromatic rings. The number of nitrogens with zero attached hydrogens (tertiary/aromatic N) is 2. The van der Waals surface area contributed by atoms with Crippen LogP contribution in [0.4, 0.5) is 5.69 Å². The van der Waals surface area contributed by atoms with Gasteiger partial charge in [-0.05, 0) is 26.0 Å². The lowest BCUT2D eigenvalue weighted by atomic mass is 10.1. The third-order valence-corrected chi connectivity index (χ3v) is 4.77. The Morgan fingerprint density at radius 3 is 2.50 bits per heavy atom. The van der Waals surface area contributed by atoms with Gasteiger partial charge in [0.25, 0.3) is 5.91 Å². The molecule has 2 fully saturated rings. The average molecular weight is 360 g/mol. The van der Waals surface area contributed by atoms with Crippen LogP contribution in [0, 0.1) is 12.8 Å². The molecule has 7 heteroatoms. The Bertz CT molecular complexity index is 682. The average Bonchev–Trinajstić information content (AvgIpc) is 3.04. The zero-order valence-corrected chi connectivity index (χ0v) is 15.1. The summed E-state index contributed by atoms with van der Waals surface area (Å²) in [5, 5.41) is 0. The number of amides is 2. The molecule has 2 aliphatic heterocycles. The van der Waals surface area contributed by atoms with Gasteiger partial charge >= 0.3 is 5.97 Å². The molecule has 2 amide bonds. The van der Waals surface area contributed by atoms with Crippen LogP contribution < -0.4 is 4.90 Å². The lowest BCUT2D eigenvalue weighted by Crippen LogP contribution is -2.46. The Kier molecular flexibility index (Phi) is 5.56. The number of carbonyl (C=O) groups excluding carboxylic acids is 3. The van der Waals surface area contributed by atoms with Crippen LogP contribution in [-0.2, 0) is 23.9 Å². The number of ether oxygens (including phenoxy) is 2. The zero-order chi connectivity index (χ0) is 18.7. The Hall–Kier alpha value is -2.41. The van der Waals surface area contributed by atoms with E-state index >= 15 is 0 Å². The van der Waals surface area contributed by atoms with Gasteiger partial charge in [0.15, 0.2) is 6.10 Å². The summed E-state index contributed by atoms with van der Waals surface area (Å²) in [4.78, 5) is 40.3. The van der Waals surface area contributed by atoms with E-state index in [2.05, 4.69) is 0 Å². The summed E-state index contributed by atoms with van der Waals surface area (Å²) < 4.78 is 10.6. The summed E-state index contributed by atoms with van der Waals surface area (Å²) in [6, 6.07) is 7.59. The SMILES string of the molecule is Cc1ccc(N2C[C@@H](C(=O)O[C@H](C)C(=O)N3CCOCC3)CC2=O)cc1. The van der Waals surface area contributed by atoms with E-state index in [9.17, 15) is 14.4 Å². The van der Waals surface area contributed by atoms with Crippen molar-refractivity contribution in [3.05, 3.63) is 29.8 Å². The number of hydrogen-bond donors (Lipinski definition) is 0. The van der Waals surface area contributed by atoms with Gasteiger partial charge in [0.2, 0.25) is 5.91 Å². The lowest BCUT2D eigenvalue weighted by Gasteiger charge is -2.29. The summed E-state index contributed by atoms with van der Waals surface area (Å²) >= 11 is 0. The predicted octanol–water partition coefficient (Wildman–Crippen LogP) is 1.14. The van der Waals surface area contributed by atoms with Crippen LogP contribution in [0.1, 0.15) is 18.9 Å². The summed E-state index contributed by atoms with van der Waals surface area (Å²) in [7, 11) is 0. The quantitative estimate of drug-likeness (QED) is 0.753. The van der Waals surface area contributed by atoms with Gasteiger partial charge < -0.3 is 19.3 Å². The number of aryl methyl sites for hydroxylation is 1. The largest absolute Gasteiger partial charge is 0.452 e. The van der Waals surface area contributed by atoms with Crippen molar-refractivity contribution < 1.29 is 23.9 Å². The molecule has 3 rings (SSSR count). The first-order chi connectivity index (χ1) is 12.5. The van der Waals surface area contributed by atoms with Gasteiger partial charge in [-0.3, -0.25) is 14.4 Å². The fourth-order valence-corrected chi connectivity index (χ4v) is 3.20. The minimum Gasteiger partial charge on any atom is -0.452 e. The van der Waals surface area contributed by atoms with Crippen molar-refractivity contribution in [1.82, 2.24) is 4.90 Å². The summed E-state index contributed by atoms with van der Waals surface area (Å²) in [5.74, 6) is -1.38. The molecule has 0 spiro atoms. The Labute approximate surface area is 152 Å². The Morgan fingerprint density at radius 2 is 1.85 bits per heavy atom. The highest BCUT2D eigenvalue weighted by molar-refractivity contribution is 5.99. The van der Waals surface area contributed by atoms with Gasteiger partial charge in [0, 0.05) is 31.7 Å². The molecule has 0 N–H and O–H groups in total. The minimum atomic E-state index is -0.857. The molecule has 2 aliphatic rings. The van der Waals surface area contributed by atoms with Gasteiger partial charge in [-0.15, -0.1) is 0 Å². The predicted molar refractivity (Wildman–Crippen MR) is 94.6 cm³/mol. The first-order valence-corrected chi connectivity index (χ1v) is 8.90. The fourth-order valence-electron chi connectivity index (χ4n) is 3.20. The number of hydrogen-bond acceptors (Lipinski definition) is 5. The van der Waals surface area contributed by atoms with E-state index in [1.165, 1.54) is 0 Å². The zero-order valence-electron chi connectivity index (χ0n) is 15.1. The molecular formula is C19H24N2O5. The van der Waals surface area contributed by atoms with Crippen LogP contribution in [0.15, 0.2) is 24.3 Å². The van der Waals surface area contributed by atoms with Crippen LogP contribution in [0.3, 0.4) is 0 Å². The Balaban J connectivity index is 1.57. The van der Waals surface area contributed by atoms with Crippen LogP contribution in [-0.4, -0.2) is 61.6 Å². The second kappa shape index (κ2) is 7.86. The van der Waals surface area contributed by atoms with Crippen molar-refractivity contribution >= 4 is 23.5 Å². The third-order valence-electron chi connectivity index (χ3n) is 4.77. The van der Waals surface area contributed by atoms with Gasteiger partial charge in [-0.1, -0.05) is 17.7 Å². The second-order valence-electron chi connectivity index (χ2n) is 6.76. The molecule has 0 unspecified atom stereocenters. The second-order valence-corrected chi connectivity index (χ2v) is 6.76. The molecule has 1 aromatic carbocycles. The van der Waals surface area contributed by atoms with Crippen molar-refractivity contribution in [2.45, 2.75) is 26.4 Å². The van der Waals surface area contributed by atoms with Crippen molar-refractivity contribution in [2.24, 2.45) is 5.92 Å². The monoisotopic (exact) mass is 360 g/mol. The van der Waals surface area contributed by atoms with Gasteiger partial charge in [0.1, 0.15) is 0 Å². The highest BCUT2D eigenvalue weighted by atomic mass is 16.5. The smallest absolute Gasteiger partial charge is 0.312 e. The number of anilines is 1. The summed E-state index contributed by atoms with van der Waals surface area (Å²) in [5.41, 5.74) is 1.88. The molecular weight excluding hydrogens is 336 g/mol. The molecule has 0 aromatic heterocycles. The molecule has 0 aliphatic carbocycles. The first-order valence-electron chi connectivity index (χ1n) is 8.90. The number of carbonyl (C=O) groups is 3. The number of esters is 1. The van der Waals surface area contributed by atoms with Crippen LogP contribution in [0.25, 0.3) is 0 Å². The molecule has 26 heavy (non-hydrogen) atoms. The van der Waals surface area contributed by atoms with Gasteiger partial charge in [-0.25, -0.2) is 0 Å². The van der Waals surface area contributed by atoms with Crippen molar-refractivity contribution in [3.63, 3.8) is 0 Å². The lowest BCUT2D eigenvalue weighted by molar-refractivity contribution is -0.163. The Morgan fingerprint density at radius 1 is 1.19 bits per heavy atom. The van der Waals surface area contributed by atoms with E-state index in [1.54, 1.807) is 16.7 Å². The molecule has 0 bridgehead atoms. The highest BCUT2D eigenvalue weighted by Crippen LogP contribution is 2.26. The van der Waals surface area contributed by atoms with E-state index < -0.39 is 18.0 Å². The molecule has 2 atom stereocenters. The topological polar surface area (TPSA) is 76.2 Å². The van der Waals surface area contributed by atoms with Gasteiger partial charge in [-0.2, -0.15) is 0 Å². The van der Waals surface area contributed by atoms with Crippen molar-refractivity contribution in [1.29, 1.82) is 0 Å². The van der Waals surface area contributed by atoms with Crippen LogP contribution in [0.2, 0.25) is 0 Å². The fraction of sp³-hybridized carbons (Fsp3) is 0.526. The van der Waals surface area contributed by atoms with E-state index in [-0.39, 0.29) is 24.8 Å². The molecule has 0 radical (unpaired) electrons. The van der Waals surface area contributed by atoms with E-state index in [1.807, 2.05) is 31.2 Å². The molecule has 2 heterocycles. The number of benzene rings is 1. The first kappa shape index (κ1) is 18.4. The maximum Gasteiger partial charge on any atom is 0.312 e.